The highest BCUT2D eigenvalue weighted by atomic mass is 32.1. The van der Waals surface area contributed by atoms with Gasteiger partial charge in [0.05, 0.1) is 11.8 Å². The van der Waals surface area contributed by atoms with Crippen molar-refractivity contribution in [2.45, 2.75) is 51.9 Å². The van der Waals surface area contributed by atoms with Gasteiger partial charge in [0.25, 0.3) is 0 Å². The molecule has 2 fully saturated rings. The maximum Gasteiger partial charge on any atom is 0.186 e. The van der Waals surface area contributed by atoms with E-state index < -0.39 is 0 Å². The Bertz CT molecular complexity index is 1500. The van der Waals surface area contributed by atoms with Crippen molar-refractivity contribution in [2.24, 2.45) is 5.41 Å². The van der Waals surface area contributed by atoms with Gasteiger partial charge < -0.3 is 14.2 Å². The first-order chi connectivity index (χ1) is 17.5. The van der Waals surface area contributed by atoms with Crippen molar-refractivity contribution in [1.82, 2.24) is 10.1 Å². The highest BCUT2D eigenvalue weighted by Gasteiger charge is 2.44. The lowest BCUT2D eigenvalue weighted by Gasteiger charge is -2.46. The number of aryl methyl sites for hydroxylation is 2. The van der Waals surface area contributed by atoms with E-state index in [1.807, 2.05) is 0 Å². The van der Waals surface area contributed by atoms with Crippen LogP contribution in [0.15, 0.2) is 47.0 Å². The van der Waals surface area contributed by atoms with Crippen LogP contribution in [0.25, 0.3) is 27.0 Å². The molecular formula is C30H31N3O2S. The molecule has 0 unspecified atom stereocenters. The molecule has 7 rings (SSSR count). The first-order valence-electron chi connectivity index (χ1n) is 13.0. The van der Waals surface area contributed by atoms with Crippen LogP contribution in [0.2, 0.25) is 0 Å². The molecule has 1 saturated carbocycles. The Morgan fingerprint density at radius 3 is 2.61 bits per heavy atom. The van der Waals surface area contributed by atoms with Gasteiger partial charge in [-0.05, 0) is 80.2 Å². The maximum absolute atomic E-state index is 5.98. The molecule has 5 nitrogen and oxygen atoms in total. The summed E-state index contributed by atoms with van der Waals surface area (Å²) < 4.78 is 12.8. The Labute approximate surface area is 215 Å². The van der Waals surface area contributed by atoms with E-state index in [9.17, 15) is 0 Å². The first kappa shape index (κ1) is 22.1. The second-order valence-electron chi connectivity index (χ2n) is 10.9. The highest BCUT2D eigenvalue weighted by Crippen LogP contribution is 2.56. The largest absolute Gasteiger partial charge is 0.494 e. The first-order valence-corrected chi connectivity index (χ1v) is 13.8. The summed E-state index contributed by atoms with van der Waals surface area (Å²) in [6.45, 7) is 6.35. The molecule has 2 aromatic heterocycles. The molecule has 1 saturated heterocycles. The summed E-state index contributed by atoms with van der Waals surface area (Å²) in [5.41, 5.74) is 8.69. The number of anilines is 1. The summed E-state index contributed by atoms with van der Waals surface area (Å²) in [6, 6.07) is 12.8. The van der Waals surface area contributed by atoms with Crippen molar-refractivity contribution < 1.29 is 9.26 Å². The summed E-state index contributed by atoms with van der Waals surface area (Å²) in [5, 5.41) is 5.71. The summed E-state index contributed by atoms with van der Waals surface area (Å²) >= 11 is 1.78. The molecule has 0 N–H and O–H groups in total. The van der Waals surface area contributed by atoms with Crippen LogP contribution in [0.1, 0.15) is 60.5 Å². The highest BCUT2D eigenvalue weighted by molar-refractivity contribution is 7.22. The molecule has 36 heavy (non-hydrogen) atoms. The van der Waals surface area contributed by atoms with Crippen LogP contribution < -0.4 is 9.64 Å². The van der Waals surface area contributed by atoms with Crippen molar-refractivity contribution >= 4 is 32.3 Å². The Morgan fingerprint density at radius 1 is 1.11 bits per heavy atom. The average Bonchev–Trinajstić information content (AvgIpc) is 3.47. The molecule has 3 aliphatic rings. The molecule has 184 valence electrons. The van der Waals surface area contributed by atoms with E-state index in [0.29, 0.717) is 5.92 Å². The van der Waals surface area contributed by atoms with Crippen LogP contribution in [-0.2, 0) is 0 Å². The van der Waals surface area contributed by atoms with Gasteiger partial charge in [0.15, 0.2) is 5.13 Å². The number of hydrogen-bond donors (Lipinski definition) is 0. The molecule has 0 radical (unpaired) electrons. The molecular weight excluding hydrogens is 466 g/mol. The third kappa shape index (κ3) is 3.57. The summed E-state index contributed by atoms with van der Waals surface area (Å²) in [5.74, 6) is 2.53. The number of hydrogen-bond acceptors (Lipinski definition) is 6. The zero-order valence-corrected chi connectivity index (χ0v) is 22.0. The lowest BCUT2D eigenvalue weighted by atomic mass is 9.63. The topological polar surface area (TPSA) is 51.4 Å². The molecule has 0 bridgehead atoms. The zero-order valence-electron chi connectivity index (χ0n) is 21.1. The normalized spacial score (nSPS) is 19.0. The van der Waals surface area contributed by atoms with E-state index in [4.69, 9.17) is 14.2 Å². The van der Waals surface area contributed by atoms with E-state index in [2.05, 4.69) is 66.4 Å². The number of aromatic nitrogens is 2. The fraction of sp³-hybridized carbons (Fsp3) is 0.400. The van der Waals surface area contributed by atoms with Gasteiger partial charge in [0.1, 0.15) is 22.7 Å². The minimum Gasteiger partial charge on any atom is -0.494 e. The summed E-state index contributed by atoms with van der Waals surface area (Å²) in [7, 11) is 1.73. The molecule has 0 atom stereocenters. The van der Waals surface area contributed by atoms with Crippen LogP contribution in [0.4, 0.5) is 5.13 Å². The number of nitrogens with zero attached hydrogens (tertiary/aromatic N) is 3. The summed E-state index contributed by atoms with van der Waals surface area (Å²) in [6.07, 6.45) is 8.42. The van der Waals surface area contributed by atoms with Crippen LogP contribution in [-0.4, -0.2) is 30.3 Å². The number of benzene rings is 2. The third-order valence-corrected chi connectivity index (χ3v) is 9.32. The van der Waals surface area contributed by atoms with Crippen LogP contribution in [0.3, 0.4) is 0 Å². The van der Waals surface area contributed by atoms with E-state index >= 15 is 0 Å². The fourth-order valence-electron chi connectivity index (χ4n) is 6.01. The number of methoxy groups -OCH3 is 1. The van der Waals surface area contributed by atoms with E-state index in [1.165, 1.54) is 45.4 Å². The molecule has 6 heteroatoms. The quantitative estimate of drug-likeness (QED) is 0.285. The predicted molar refractivity (Wildman–Crippen MR) is 146 cm³/mol. The van der Waals surface area contributed by atoms with Gasteiger partial charge in [-0.15, -0.1) is 0 Å². The second kappa shape index (κ2) is 8.20. The minimum absolute atomic E-state index is 0.290. The standard InChI is InChI=1S/C30H31N3O2S/c1-18-14-23(34-3)27-24(15-18)36-29(31-27)33-12-10-30(11-13-33)16-21(17-30)25-26(22-7-5-4-6-19(22)2)32-35-28(25)20-8-9-20/h4-7,14-16,20H,8-13,17H2,1-3H3. The average molecular weight is 498 g/mol. The van der Waals surface area contributed by atoms with Crippen LogP contribution >= 0.6 is 11.3 Å². The molecule has 3 heterocycles. The third-order valence-electron chi connectivity index (χ3n) is 8.25. The Balaban J connectivity index is 1.14. The number of rotatable bonds is 5. The van der Waals surface area contributed by atoms with Gasteiger partial charge in [0, 0.05) is 30.1 Å². The van der Waals surface area contributed by atoms with Crippen molar-refractivity contribution in [1.29, 1.82) is 0 Å². The maximum atomic E-state index is 5.98. The number of allylic oxidation sites excluding steroid dienone is 2. The number of piperidine rings is 1. The zero-order chi connectivity index (χ0) is 24.4. The molecule has 1 spiro atoms. The predicted octanol–water partition coefficient (Wildman–Crippen LogP) is 7.53. The van der Waals surface area contributed by atoms with Gasteiger partial charge in [-0.25, -0.2) is 4.98 Å². The summed E-state index contributed by atoms with van der Waals surface area (Å²) in [4.78, 5) is 7.43. The fourth-order valence-corrected chi connectivity index (χ4v) is 7.15. The van der Waals surface area contributed by atoms with Crippen molar-refractivity contribution in [2.75, 3.05) is 25.1 Å². The van der Waals surface area contributed by atoms with Crippen molar-refractivity contribution in [3.8, 4) is 17.0 Å². The Kier molecular flexibility index (Phi) is 5.04. The molecule has 0 amide bonds. The van der Waals surface area contributed by atoms with E-state index in [0.717, 1.165) is 60.2 Å². The van der Waals surface area contributed by atoms with Gasteiger partial charge in [-0.2, -0.15) is 0 Å². The van der Waals surface area contributed by atoms with Crippen molar-refractivity contribution in [3.05, 3.63) is 64.9 Å². The molecule has 2 aliphatic carbocycles. The van der Waals surface area contributed by atoms with E-state index in [1.54, 1.807) is 18.4 Å². The smallest absolute Gasteiger partial charge is 0.186 e. The van der Waals surface area contributed by atoms with Crippen molar-refractivity contribution in [3.63, 3.8) is 0 Å². The molecule has 2 aromatic carbocycles. The Hall–Kier alpha value is -3.12. The van der Waals surface area contributed by atoms with E-state index in [-0.39, 0.29) is 5.41 Å². The SMILES string of the molecule is COc1cc(C)cc2sc(N3CCC4(C=C(c5c(-c6ccccc6C)noc5C5CC5)C4)CC3)nc12. The van der Waals surface area contributed by atoms with Gasteiger partial charge >= 0.3 is 0 Å². The number of fused-ring (bicyclic) bond motifs is 1. The lowest BCUT2D eigenvalue weighted by Crippen LogP contribution is -2.42. The van der Waals surface area contributed by atoms with Gasteiger partial charge in [-0.1, -0.05) is 46.8 Å². The second-order valence-corrected chi connectivity index (χ2v) is 11.9. The van der Waals surface area contributed by atoms with Gasteiger partial charge in [0.2, 0.25) is 0 Å². The number of ether oxygens (including phenoxy) is 1. The number of thiazole rings is 1. The minimum atomic E-state index is 0.290. The Morgan fingerprint density at radius 2 is 1.89 bits per heavy atom. The molecule has 1 aliphatic heterocycles. The van der Waals surface area contributed by atoms with Gasteiger partial charge in [-0.3, -0.25) is 0 Å². The van der Waals surface area contributed by atoms with Crippen LogP contribution in [0.5, 0.6) is 5.75 Å². The lowest BCUT2D eigenvalue weighted by molar-refractivity contribution is 0.277. The monoisotopic (exact) mass is 497 g/mol. The molecule has 4 aromatic rings. The van der Waals surface area contributed by atoms with Crippen LogP contribution in [0, 0.1) is 19.3 Å².